The molecule has 0 amide bonds. The number of nitrogens with one attached hydrogen (secondary N) is 2. The summed E-state index contributed by atoms with van der Waals surface area (Å²) in [4.78, 5) is 7.87. The van der Waals surface area contributed by atoms with Crippen LogP contribution in [-0.2, 0) is 6.18 Å². The van der Waals surface area contributed by atoms with Gasteiger partial charge in [-0.05, 0) is 42.8 Å². The molecule has 0 unspecified atom stereocenters. The summed E-state index contributed by atoms with van der Waals surface area (Å²) in [6.45, 7) is 2.39. The van der Waals surface area contributed by atoms with Gasteiger partial charge in [0.2, 0.25) is 5.95 Å². The highest BCUT2D eigenvalue weighted by molar-refractivity contribution is 5.67. The molecule has 0 spiro atoms. The van der Waals surface area contributed by atoms with Crippen molar-refractivity contribution in [1.82, 2.24) is 9.97 Å². The minimum atomic E-state index is -4.62. The van der Waals surface area contributed by atoms with Crippen LogP contribution in [0, 0.1) is 0 Å². The first kappa shape index (κ1) is 21.2. The Balaban J connectivity index is 1.92. The topological polar surface area (TPSA) is 68.3 Å². The fourth-order valence-electron chi connectivity index (χ4n) is 2.58. The molecule has 9 heteroatoms. The second kappa shape index (κ2) is 9.34. The number of methoxy groups -OCH3 is 1. The largest absolute Gasteiger partial charge is 0.497 e. The molecule has 0 aliphatic rings. The van der Waals surface area contributed by atoms with Crippen molar-refractivity contribution in [2.24, 2.45) is 0 Å². The van der Waals surface area contributed by atoms with Crippen molar-refractivity contribution in [3.8, 4) is 11.5 Å². The molecule has 0 radical (unpaired) electrons. The van der Waals surface area contributed by atoms with E-state index in [0.717, 1.165) is 12.6 Å². The van der Waals surface area contributed by atoms with Gasteiger partial charge in [-0.3, -0.25) is 0 Å². The van der Waals surface area contributed by atoms with Crippen LogP contribution in [0.25, 0.3) is 0 Å². The Labute approximate surface area is 172 Å². The molecule has 0 bridgehead atoms. The predicted octanol–water partition coefficient (Wildman–Crippen LogP) is 5.78. The Hall–Kier alpha value is -3.49. The van der Waals surface area contributed by atoms with Gasteiger partial charge in [-0.2, -0.15) is 18.2 Å². The van der Waals surface area contributed by atoms with E-state index in [1.165, 1.54) is 0 Å². The molecule has 2 N–H and O–H groups in total. The maximum absolute atomic E-state index is 13.5. The SMILES string of the molecule is CCCOc1ccccc1Nc1nc(Nc2ccc(OC)cc2)ncc1C(F)(F)F. The van der Waals surface area contributed by atoms with Gasteiger partial charge in [-0.1, -0.05) is 19.1 Å². The number of ether oxygens (including phenoxy) is 2. The van der Waals surface area contributed by atoms with Gasteiger partial charge in [0.15, 0.2) is 0 Å². The third-order valence-electron chi connectivity index (χ3n) is 4.04. The zero-order valence-electron chi connectivity index (χ0n) is 16.5. The van der Waals surface area contributed by atoms with Crippen molar-refractivity contribution in [3.05, 3.63) is 60.3 Å². The van der Waals surface area contributed by atoms with Crippen molar-refractivity contribution in [3.63, 3.8) is 0 Å². The number of halogens is 3. The number of hydrogen-bond acceptors (Lipinski definition) is 6. The van der Waals surface area contributed by atoms with Crippen LogP contribution >= 0.6 is 0 Å². The van der Waals surface area contributed by atoms with E-state index in [1.54, 1.807) is 55.6 Å². The molecule has 1 heterocycles. The second-order valence-electron chi connectivity index (χ2n) is 6.28. The third kappa shape index (κ3) is 5.31. The van der Waals surface area contributed by atoms with Gasteiger partial charge in [-0.25, -0.2) is 4.98 Å². The fourth-order valence-corrected chi connectivity index (χ4v) is 2.58. The lowest BCUT2D eigenvalue weighted by Gasteiger charge is -2.17. The lowest BCUT2D eigenvalue weighted by molar-refractivity contribution is -0.137. The Morgan fingerprint density at radius 1 is 1.00 bits per heavy atom. The first-order chi connectivity index (χ1) is 14.4. The van der Waals surface area contributed by atoms with E-state index >= 15 is 0 Å². The molecule has 0 atom stereocenters. The first-order valence-corrected chi connectivity index (χ1v) is 9.25. The summed E-state index contributed by atoms with van der Waals surface area (Å²) in [5.41, 5.74) is 0.00631. The van der Waals surface area contributed by atoms with Crippen LogP contribution in [0.5, 0.6) is 11.5 Å². The zero-order valence-corrected chi connectivity index (χ0v) is 16.5. The quantitative estimate of drug-likeness (QED) is 0.483. The second-order valence-corrected chi connectivity index (χ2v) is 6.28. The first-order valence-electron chi connectivity index (χ1n) is 9.25. The van der Waals surface area contributed by atoms with E-state index in [-0.39, 0.29) is 11.8 Å². The monoisotopic (exact) mass is 418 g/mol. The third-order valence-corrected chi connectivity index (χ3v) is 4.04. The standard InChI is InChI=1S/C21H21F3N4O2/c1-3-12-30-18-7-5-4-6-17(18)27-19-16(21(22,23)24)13-25-20(28-19)26-14-8-10-15(29-2)11-9-14/h4-11,13H,3,12H2,1-2H3,(H2,25,26,27,28). The van der Waals surface area contributed by atoms with Crippen LogP contribution in [0.3, 0.4) is 0 Å². The van der Waals surface area contributed by atoms with E-state index < -0.39 is 11.7 Å². The lowest BCUT2D eigenvalue weighted by atomic mass is 10.2. The Morgan fingerprint density at radius 2 is 1.73 bits per heavy atom. The number of nitrogens with zero attached hydrogens (tertiary/aromatic N) is 2. The minimum Gasteiger partial charge on any atom is -0.497 e. The van der Waals surface area contributed by atoms with E-state index in [2.05, 4.69) is 20.6 Å². The van der Waals surface area contributed by atoms with Crippen molar-refractivity contribution < 1.29 is 22.6 Å². The highest BCUT2D eigenvalue weighted by Crippen LogP contribution is 2.37. The highest BCUT2D eigenvalue weighted by atomic mass is 19.4. The average Bonchev–Trinajstić information content (AvgIpc) is 2.73. The summed E-state index contributed by atoms with van der Waals surface area (Å²) in [6.07, 6.45) is -3.11. The van der Waals surface area contributed by atoms with Gasteiger partial charge >= 0.3 is 6.18 Å². The molecule has 158 valence electrons. The van der Waals surface area contributed by atoms with E-state index in [1.807, 2.05) is 6.92 Å². The molecule has 0 saturated heterocycles. The van der Waals surface area contributed by atoms with Gasteiger partial charge in [0.05, 0.1) is 19.4 Å². The molecule has 2 aromatic carbocycles. The molecule has 6 nitrogen and oxygen atoms in total. The van der Waals surface area contributed by atoms with Crippen molar-refractivity contribution in [1.29, 1.82) is 0 Å². The van der Waals surface area contributed by atoms with Crippen LogP contribution < -0.4 is 20.1 Å². The van der Waals surface area contributed by atoms with Crippen LogP contribution in [0.15, 0.2) is 54.7 Å². The normalized spacial score (nSPS) is 11.1. The molecule has 3 aromatic rings. The summed E-state index contributed by atoms with van der Waals surface area (Å²) < 4.78 is 51.2. The number of rotatable bonds is 8. The summed E-state index contributed by atoms with van der Waals surface area (Å²) >= 11 is 0. The van der Waals surface area contributed by atoms with Crippen LogP contribution in [-0.4, -0.2) is 23.7 Å². The number of aromatic nitrogens is 2. The number of anilines is 4. The number of benzene rings is 2. The van der Waals surface area contributed by atoms with Gasteiger partial charge in [0.1, 0.15) is 22.9 Å². The van der Waals surface area contributed by atoms with Crippen LogP contribution in [0.2, 0.25) is 0 Å². The van der Waals surface area contributed by atoms with Crippen LogP contribution in [0.1, 0.15) is 18.9 Å². The Kier molecular flexibility index (Phi) is 6.61. The number of alkyl halides is 3. The molecule has 0 saturated carbocycles. The molecule has 3 rings (SSSR count). The lowest BCUT2D eigenvalue weighted by Crippen LogP contribution is -2.13. The molecule has 30 heavy (non-hydrogen) atoms. The molecular formula is C21H21F3N4O2. The fraction of sp³-hybridized carbons (Fsp3) is 0.238. The van der Waals surface area contributed by atoms with Crippen molar-refractivity contribution in [2.75, 3.05) is 24.4 Å². The minimum absolute atomic E-state index is 0.0163. The molecule has 1 aromatic heterocycles. The zero-order chi connectivity index (χ0) is 21.6. The maximum atomic E-state index is 13.5. The van der Waals surface area contributed by atoms with Crippen LogP contribution in [0.4, 0.5) is 36.3 Å². The van der Waals surface area contributed by atoms with E-state index in [0.29, 0.717) is 29.5 Å². The van der Waals surface area contributed by atoms with Crippen molar-refractivity contribution >= 4 is 23.1 Å². The van der Waals surface area contributed by atoms with Gasteiger partial charge < -0.3 is 20.1 Å². The molecule has 0 fully saturated rings. The molecule has 0 aliphatic carbocycles. The van der Waals surface area contributed by atoms with E-state index in [9.17, 15) is 13.2 Å². The predicted molar refractivity (Wildman–Crippen MR) is 109 cm³/mol. The Bertz CT molecular complexity index is 979. The number of para-hydroxylation sites is 2. The smallest absolute Gasteiger partial charge is 0.421 e. The summed E-state index contributed by atoms with van der Waals surface area (Å²) in [7, 11) is 1.54. The number of hydrogen-bond donors (Lipinski definition) is 2. The summed E-state index contributed by atoms with van der Waals surface area (Å²) in [5.74, 6) is 0.736. The Morgan fingerprint density at radius 3 is 2.40 bits per heavy atom. The summed E-state index contributed by atoms with van der Waals surface area (Å²) in [6, 6.07) is 13.6. The molecule has 0 aliphatic heterocycles. The maximum Gasteiger partial charge on any atom is 0.421 e. The van der Waals surface area contributed by atoms with Gasteiger partial charge in [0.25, 0.3) is 0 Å². The summed E-state index contributed by atoms with van der Waals surface area (Å²) in [5, 5.41) is 5.64. The van der Waals surface area contributed by atoms with Crippen molar-refractivity contribution in [2.45, 2.75) is 19.5 Å². The van der Waals surface area contributed by atoms with Gasteiger partial charge in [-0.15, -0.1) is 0 Å². The average molecular weight is 418 g/mol. The van der Waals surface area contributed by atoms with E-state index in [4.69, 9.17) is 9.47 Å². The molecular weight excluding hydrogens is 397 g/mol. The van der Waals surface area contributed by atoms with Gasteiger partial charge in [0, 0.05) is 11.9 Å². The highest BCUT2D eigenvalue weighted by Gasteiger charge is 2.35.